The molecule has 2 N–H and O–H groups in total. The molecule has 0 radical (unpaired) electrons. The van der Waals surface area contributed by atoms with Gasteiger partial charge in [0.2, 0.25) is 5.91 Å². The second kappa shape index (κ2) is 17.0. The Morgan fingerprint density at radius 2 is 1.85 bits per heavy atom. The molecule has 3 aromatic rings. The Balaban J connectivity index is 1.06. The number of aliphatic hydroxyl groups excluding tert-OH is 1. The highest BCUT2D eigenvalue weighted by molar-refractivity contribution is 6.02. The summed E-state index contributed by atoms with van der Waals surface area (Å²) in [4.78, 5) is 21.9. The monoisotopic (exact) mass is 619 g/mol. The second-order valence-electron chi connectivity index (χ2n) is 12.7. The van der Waals surface area contributed by atoms with Crippen LogP contribution < -0.4 is 4.90 Å². The van der Waals surface area contributed by atoms with Crippen LogP contribution in [0, 0.1) is 18.8 Å². The average Bonchev–Trinajstić information content (AvgIpc) is 3.73. The first-order chi connectivity index (χ1) is 22.5. The number of carbonyl (C=O) groups excluding carboxylic acids is 1. The molecule has 6 nitrogen and oxygen atoms in total. The van der Waals surface area contributed by atoms with Crippen LogP contribution in [-0.4, -0.2) is 52.6 Å². The lowest BCUT2D eigenvalue weighted by Gasteiger charge is -2.28. The molecule has 1 aliphatic carbocycles. The van der Waals surface area contributed by atoms with E-state index < -0.39 is 6.10 Å². The Labute approximate surface area is 274 Å². The number of benzene rings is 3. The number of aryl methyl sites for hydroxylation is 2. The maximum atomic E-state index is 13.3. The number of allylic oxidation sites excluding steroid dienone is 3. The first-order valence-electron chi connectivity index (χ1n) is 17.0. The minimum Gasteiger partial charge on any atom is -0.508 e. The van der Waals surface area contributed by atoms with Crippen molar-refractivity contribution in [2.75, 3.05) is 24.5 Å². The first-order valence-corrected chi connectivity index (χ1v) is 17.0. The number of aromatic hydroxyl groups is 1. The van der Waals surface area contributed by atoms with Gasteiger partial charge in [-0.1, -0.05) is 84.8 Å². The number of nitrogens with zero attached hydrogens (tertiary/aromatic N) is 3. The topological polar surface area (TPSA) is 76.4 Å². The molecule has 1 amide bonds. The fraction of sp³-hybridized carbons (Fsp3) is 0.400. The van der Waals surface area contributed by atoms with Gasteiger partial charge in [0, 0.05) is 30.4 Å². The predicted octanol–water partition coefficient (Wildman–Crippen LogP) is 8.16. The Kier molecular flexibility index (Phi) is 12.2. The molecule has 1 aliphatic heterocycles. The van der Waals surface area contributed by atoms with Crippen LogP contribution >= 0.6 is 0 Å². The Bertz CT molecular complexity index is 1480. The fourth-order valence-electron chi connectivity index (χ4n) is 6.59. The summed E-state index contributed by atoms with van der Waals surface area (Å²) in [6.07, 6.45) is 17.0. The molecule has 3 aromatic carbocycles. The highest BCUT2D eigenvalue weighted by atomic mass is 16.3. The third-order valence-corrected chi connectivity index (χ3v) is 9.25. The lowest BCUT2D eigenvalue weighted by Crippen LogP contribution is -2.40. The molecule has 1 heterocycles. The highest BCUT2D eigenvalue weighted by Gasteiger charge is 2.26. The standard InChI is InChI=1S/C40H49N3O3/c1-31-19-23-35(24-20-31)43(36-16-10-17-38(45)29-36)30-39-41-27-28-42(39)40(46)18-8-3-2-7-13-33-14-9-15-34(33)22-26-37(44)25-21-32-11-5-4-6-12-32/h2,4-7,10-12,16-17,19-20,22-24,26,29,33-34,37,44-45H,3,8-9,13-15,18,21,25,27-28,30H2,1H3/b7-2-,26-22+/t33-,34+,37-/m0/s1. The summed E-state index contributed by atoms with van der Waals surface area (Å²) >= 11 is 0. The molecule has 0 spiro atoms. The van der Waals surface area contributed by atoms with Gasteiger partial charge in [0.05, 0.1) is 19.2 Å². The predicted molar refractivity (Wildman–Crippen MR) is 189 cm³/mol. The Morgan fingerprint density at radius 1 is 1.02 bits per heavy atom. The molecule has 1 fully saturated rings. The van der Waals surface area contributed by atoms with Crippen molar-refractivity contribution in [1.82, 2.24) is 4.90 Å². The van der Waals surface area contributed by atoms with E-state index in [1.807, 2.05) is 41.3 Å². The van der Waals surface area contributed by atoms with Gasteiger partial charge in [0.25, 0.3) is 0 Å². The smallest absolute Gasteiger partial charge is 0.228 e. The van der Waals surface area contributed by atoms with Gasteiger partial charge in [0.15, 0.2) is 0 Å². The molecule has 46 heavy (non-hydrogen) atoms. The second-order valence-corrected chi connectivity index (χ2v) is 12.7. The zero-order valence-electron chi connectivity index (χ0n) is 27.2. The van der Waals surface area contributed by atoms with E-state index in [9.17, 15) is 15.0 Å². The van der Waals surface area contributed by atoms with Crippen LogP contribution in [0.25, 0.3) is 0 Å². The van der Waals surface area contributed by atoms with Crippen molar-refractivity contribution in [2.24, 2.45) is 16.8 Å². The molecule has 5 rings (SSSR count). The number of hydrogen-bond donors (Lipinski definition) is 2. The molecule has 0 saturated heterocycles. The summed E-state index contributed by atoms with van der Waals surface area (Å²) in [6, 6.07) is 25.8. The van der Waals surface area contributed by atoms with Crippen molar-refractivity contribution in [3.05, 3.63) is 114 Å². The number of amidine groups is 1. The molecular weight excluding hydrogens is 570 g/mol. The maximum absolute atomic E-state index is 13.3. The maximum Gasteiger partial charge on any atom is 0.228 e. The van der Waals surface area contributed by atoms with Gasteiger partial charge in [0.1, 0.15) is 11.6 Å². The van der Waals surface area contributed by atoms with Gasteiger partial charge in [-0.05, 0) is 93.5 Å². The minimum atomic E-state index is -0.395. The number of rotatable bonds is 15. The summed E-state index contributed by atoms with van der Waals surface area (Å²) in [5, 5.41) is 20.6. The van der Waals surface area contributed by atoms with Gasteiger partial charge < -0.3 is 15.1 Å². The van der Waals surface area contributed by atoms with Crippen molar-refractivity contribution >= 4 is 23.1 Å². The molecule has 3 atom stereocenters. The molecule has 0 aromatic heterocycles. The van der Waals surface area contributed by atoms with Crippen LogP contribution in [0.3, 0.4) is 0 Å². The number of anilines is 2. The van der Waals surface area contributed by atoms with Crippen LogP contribution in [0.1, 0.15) is 62.5 Å². The van der Waals surface area contributed by atoms with E-state index in [1.165, 1.54) is 30.4 Å². The number of amides is 1. The van der Waals surface area contributed by atoms with E-state index in [0.29, 0.717) is 37.9 Å². The average molecular weight is 620 g/mol. The Morgan fingerprint density at radius 3 is 2.65 bits per heavy atom. The van der Waals surface area contributed by atoms with E-state index in [2.05, 4.69) is 66.4 Å². The van der Waals surface area contributed by atoms with Crippen molar-refractivity contribution in [1.29, 1.82) is 0 Å². The summed E-state index contributed by atoms with van der Waals surface area (Å²) in [7, 11) is 0. The first kappa shape index (κ1) is 33.2. The van der Waals surface area contributed by atoms with Crippen molar-refractivity contribution in [3.8, 4) is 5.75 Å². The Hall–Kier alpha value is -4.16. The molecular formula is C40H49N3O3. The van der Waals surface area contributed by atoms with Crippen LogP contribution in [-0.2, 0) is 11.2 Å². The minimum absolute atomic E-state index is 0.122. The number of carbonyl (C=O) groups is 1. The van der Waals surface area contributed by atoms with E-state index in [1.54, 1.807) is 12.1 Å². The van der Waals surface area contributed by atoms with Crippen LogP contribution in [0.4, 0.5) is 11.4 Å². The molecule has 0 unspecified atom stereocenters. The van der Waals surface area contributed by atoms with Crippen LogP contribution in [0.5, 0.6) is 5.75 Å². The normalized spacial score (nSPS) is 18.8. The van der Waals surface area contributed by atoms with E-state index in [4.69, 9.17) is 4.99 Å². The van der Waals surface area contributed by atoms with Gasteiger partial charge in [-0.25, -0.2) is 0 Å². The van der Waals surface area contributed by atoms with Gasteiger partial charge in [-0.2, -0.15) is 0 Å². The molecule has 242 valence electrons. The number of aliphatic hydroxyl groups is 1. The summed E-state index contributed by atoms with van der Waals surface area (Å²) in [5.74, 6) is 2.26. The van der Waals surface area contributed by atoms with Gasteiger partial charge >= 0.3 is 0 Å². The van der Waals surface area contributed by atoms with Crippen LogP contribution in [0.2, 0.25) is 0 Å². The summed E-state index contributed by atoms with van der Waals surface area (Å²) in [6.45, 7) is 3.75. The summed E-state index contributed by atoms with van der Waals surface area (Å²) in [5.41, 5.74) is 4.29. The fourth-order valence-corrected chi connectivity index (χ4v) is 6.59. The lowest BCUT2D eigenvalue weighted by molar-refractivity contribution is -0.127. The number of aliphatic imine (C=N–C) groups is 1. The lowest BCUT2D eigenvalue weighted by atomic mass is 9.91. The van der Waals surface area contributed by atoms with E-state index >= 15 is 0 Å². The largest absolute Gasteiger partial charge is 0.508 e. The number of phenolic OH excluding ortho intramolecular Hbond substituents is 1. The highest BCUT2D eigenvalue weighted by Crippen LogP contribution is 2.35. The van der Waals surface area contributed by atoms with Crippen molar-refractivity contribution in [3.63, 3.8) is 0 Å². The SMILES string of the molecule is Cc1ccc(N(CC2=NCCN2C(=O)CCC/C=C\C[C@H]2CCC[C@@H]2/C=C/[C@@H](O)CCc2ccccc2)c2cccc(O)c2)cc1. The third kappa shape index (κ3) is 9.67. The third-order valence-electron chi connectivity index (χ3n) is 9.25. The summed E-state index contributed by atoms with van der Waals surface area (Å²) < 4.78 is 0. The van der Waals surface area contributed by atoms with E-state index in [-0.39, 0.29) is 11.7 Å². The van der Waals surface area contributed by atoms with Crippen LogP contribution in [0.15, 0.2) is 108 Å². The van der Waals surface area contributed by atoms with Crippen molar-refractivity contribution in [2.45, 2.75) is 70.8 Å². The molecule has 2 aliphatic rings. The molecule has 0 bridgehead atoms. The number of unbranched alkanes of at least 4 members (excludes halogenated alkanes) is 1. The number of hydrogen-bond acceptors (Lipinski definition) is 5. The van der Waals surface area contributed by atoms with Gasteiger partial charge in [-0.3, -0.25) is 14.7 Å². The van der Waals surface area contributed by atoms with Crippen molar-refractivity contribution < 1.29 is 15.0 Å². The zero-order valence-corrected chi connectivity index (χ0v) is 27.2. The molecule has 1 saturated carbocycles. The molecule has 6 heteroatoms. The van der Waals surface area contributed by atoms with E-state index in [0.717, 1.165) is 49.3 Å². The zero-order chi connectivity index (χ0) is 32.1. The quantitative estimate of drug-likeness (QED) is 0.133. The number of phenols is 1. The van der Waals surface area contributed by atoms with Gasteiger partial charge in [-0.15, -0.1) is 0 Å².